The number of fused-ring (bicyclic) bond motifs is 1. The molecule has 2 aromatic carbocycles. The first kappa shape index (κ1) is 17.0. The summed E-state index contributed by atoms with van der Waals surface area (Å²) in [5.74, 6) is 1.84. The first-order valence-corrected chi connectivity index (χ1v) is 8.51. The van der Waals surface area contributed by atoms with Crippen molar-refractivity contribution >= 4 is 11.6 Å². The fourth-order valence-corrected chi connectivity index (χ4v) is 2.76. The molecule has 0 saturated heterocycles. The van der Waals surface area contributed by atoms with E-state index in [0.29, 0.717) is 28.5 Å². The van der Waals surface area contributed by atoms with E-state index in [0.717, 1.165) is 11.3 Å². The summed E-state index contributed by atoms with van der Waals surface area (Å²) in [5.41, 5.74) is 3.11. The summed E-state index contributed by atoms with van der Waals surface area (Å²) < 4.78 is 16.1. The highest BCUT2D eigenvalue weighted by Gasteiger charge is 2.16. The number of ether oxygens (including phenoxy) is 2. The third-order valence-electron chi connectivity index (χ3n) is 4.29. The standard InChI is InChI=1S/C20H19N3O4/c1-23(2)16-6-3-13(4-7-16)20(24)21-11-15-10-18(27-22-15)14-5-8-17-19(9-14)26-12-25-17/h3-10H,11-12H2,1-2H3,(H,21,24). The minimum atomic E-state index is -0.159. The molecule has 3 aromatic rings. The Morgan fingerprint density at radius 1 is 1.07 bits per heavy atom. The quantitative estimate of drug-likeness (QED) is 0.749. The number of carbonyl (C=O) groups is 1. The number of benzene rings is 2. The zero-order chi connectivity index (χ0) is 18.8. The van der Waals surface area contributed by atoms with Gasteiger partial charge >= 0.3 is 0 Å². The molecule has 27 heavy (non-hydrogen) atoms. The summed E-state index contributed by atoms with van der Waals surface area (Å²) in [5, 5.41) is 6.87. The number of rotatable bonds is 5. The lowest BCUT2D eigenvalue weighted by molar-refractivity contribution is 0.0950. The Labute approximate surface area is 156 Å². The van der Waals surface area contributed by atoms with E-state index in [-0.39, 0.29) is 19.2 Å². The first-order chi connectivity index (χ1) is 13.1. The van der Waals surface area contributed by atoms with Gasteiger partial charge in [0.15, 0.2) is 17.3 Å². The minimum absolute atomic E-state index is 0.159. The van der Waals surface area contributed by atoms with E-state index in [1.165, 1.54) is 0 Å². The summed E-state index contributed by atoms with van der Waals surface area (Å²) >= 11 is 0. The molecule has 0 aliphatic carbocycles. The Kier molecular flexibility index (Phi) is 4.42. The van der Waals surface area contributed by atoms with Crippen molar-refractivity contribution in [2.75, 3.05) is 25.8 Å². The van der Waals surface area contributed by atoms with Gasteiger partial charge in [-0.05, 0) is 42.5 Å². The lowest BCUT2D eigenvalue weighted by Gasteiger charge is -2.12. The molecule has 0 fully saturated rings. The third kappa shape index (κ3) is 3.57. The second-order valence-corrected chi connectivity index (χ2v) is 6.37. The van der Waals surface area contributed by atoms with Gasteiger partial charge in [0, 0.05) is 37.0 Å². The maximum atomic E-state index is 12.3. The van der Waals surface area contributed by atoms with Crippen LogP contribution in [0.3, 0.4) is 0 Å². The zero-order valence-electron chi connectivity index (χ0n) is 15.1. The van der Waals surface area contributed by atoms with E-state index in [1.807, 2.05) is 49.3 Å². The Morgan fingerprint density at radius 3 is 2.63 bits per heavy atom. The second-order valence-electron chi connectivity index (χ2n) is 6.37. The van der Waals surface area contributed by atoms with Gasteiger partial charge in [-0.15, -0.1) is 0 Å². The molecular weight excluding hydrogens is 346 g/mol. The van der Waals surface area contributed by atoms with Crippen LogP contribution in [0.4, 0.5) is 5.69 Å². The van der Waals surface area contributed by atoms with Crippen molar-refractivity contribution in [1.29, 1.82) is 0 Å². The average molecular weight is 365 g/mol. The fraction of sp³-hybridized carbons (Fsp3) is 0.200. The highest BCUT2D eigenvalue weighted by atomic mass is 16.7. The van der Waals surface area contributed by atoms with Gasteiger partial charge in [0.25, 0.3) is 5.91 Å². The molecule has 7 heteroatoms. The van der Waals surface area contributed by atoms with E-state index in [2.05, 4.69) is 10.5 Å². The summed E-state index contributed by atoms with van der Waals surface area (Å²) in [6, 6.07) is 14.8. The maximum Gasteiger partial charge on any atom is 0.251 e. The van der Waals surface area contributed by atoms with Crippen LogP contribution < -0.4 is 19.7 Å². The van der Waals surface area contributed by atoms with Crippen molar-refractivity contribution < 1.29 is 18.8 Å². The van der Waals surface area contributed by atoms with Crippen LogP contribution in [-0.2, 0) is 6.54 Å². The van der Waals surface area contributed by atoms with Crippen LogP contribution in [0.1, 0.15) is 16.1 Å². The maximum absolute atomic E-state index is 12.3. The molecule has 0 atom stereocenters. The number of hydrogen-bond donors (Lipinski definition) is 1. The van der Waals surface area contributed by atoms with Gasteiger partial charge in [0.1, 0.15) is 5.69 Å². The van der Waals surface area contributed by atoms with E-state index in [1.54, 1.807) is 18.2 Å². The smallest absolute Gasteiger partial charge is 0.251 e. The molecule has 0 unspecified atom stereocenters. The van der Waals surface area contributed by atoms with Crippen LogP contribution in [0.25, 0.3) is 11.3 Å². The normalized spacial score (nSPS) is 12.1. The topological polar surface area (TPSA) is 76.8 Å². The molecule has 1 aliphatic heterocycles. The van der Waals surface area contributed by atoms with E-state index < -0.39 is 0 Å². The Morgan fingerprint density at radius 2 is 1.85 bits per heavy atom. The van der Waals surface area contributed by atoms with Crippen molar-refractivity contribution in [3.8, 4) is 22.8 Å². The molecule has 0 spiro atoms. The van der Waals surface area contributed by atoms with E-state index in [4.69, 9.17) is 14.0 Å². The van der Waals surface area contributed by atoms with Crippen LogP contribution in [0.5, 0.6) is 11.5 Å². The molecule has 1 aromatic heterocycles. The number of nitrogens with one attached hydrogen (secondary N) is 1. The number of aromatic nitrogens is 1. The molecule has 0 radical (unpaired) electrons. The zero-order valence-corrected chi connectivity index (χ0v) is 15.1. The molecule has 0 saturated carbocycles. The van der Waals surface area contributed by atoms with Crippen LogP contribution >= 0.6 is 0 Å². The molecule has 1 aliphatic rings. The number of nitrogens with zero attached hydrogens (tertiary/aromatic N) is 2. The number of anilines is 1. The molecule has 138 valence electrons. The minimum Gasteiger partial charge on any atom is -0.454 e. The molecule has 2 heterocycles. The van der Waals surface area contributed by atoms with Gasteiger partial charge in [0.05, 0.1) is 6.54 Å². The summed E-state index contributed by atoms with van der Waals surface area (Å²) in [4.78, 5) is 14.3. The van der Waals surface area contributed by atoms with Crippen LogP contribution in [-0.4, -0.2) is 32.0 Å². The average Bonchev–Trinajstić information content (AvgIpc) is 3.34. The first-order valence-electron chi connectivity index (χ1n) is 8.51. The van der Waals surface area contributed by atoms with Gasteiger partial charge in [-0.25, -0.2) is 0 Å². The van der Waals surface area contributed by atoms with Crippen molar-refractivity contribution in [2.45, 2.75) is 6.54 Å². The van der Waals surface area contributed by atoms with Crippen molar-refractivity contribution in [2.24, 2.45) is 0 Å². The number of amides is 1. The number of carbonyl (C=O) groups excluding carboxylic acids is 1. The van der Waals surface area contributed by atoms with Gasteiger partial charge in [0.2, 0.25) is 6.79 Å². The Bertz CT molecular complexity index is 964. The number of hydrogen-bond acceptors (Lipinski definition) is 6. The lowest BCUT2D eigenvalue weighted by Crippen LogP contribution is -2.23. The molecule has 1 amide bonds. The van der Waals surface area contributed by atoms with Crippen LogP contribution in [0.2, 0.25) is 0 Å². The summed E-state index contributed by atoms with van der Waals surface area (Å²) in [7, 11) is 3.91. The van der Waals surface area contributed by atoms with E-state index in [9.17, 15) is 4.79 Å². The Balaban J connectivity index is 1.40. The van der Waals surface area contributed by atoms with Gasteiger partial charge in [-0.3, -0.25) is 4.79 Å². The highest BCUT2D eigenvalue weighted by molar-refractivity contribution is 5.94. The highest BCUT2D eigenvalue weighted by Crippen LogP contribution is 2.36. The van der Waals surface area contributed by atoms with Gasteiger partial charge < -0.3 is 24.2 Å². The van der Waals surface area contributed by atoms with Crippen molar-refractivity contribution in [3.63, 3.8) is 0 Å². The SMILES string of the molecule is CN(C)c1ccc(C(=O)NCc2cc(-c3ccc4c(c3)OCO4)on2)cc1. The Hall–Kier alpha value is -3.48. The second kappa shape index (κ2) is 7.03. The summed E-state index contributed by atoms with van der Waals surface area (Å²) in [6.45, 7) is 0.504. The predicted octanol–water partition coefficient (Wildman–Crippen LogP) is 3.07. The van der Waals surface area contributed by atoms with Crippen LogP contribution in [0.15, 0.2) is 53.1 Å². The van der Waals surface area contributed by atoms with Crippen molar-refractivity contribution in [1.82, 2.24) is 10.5 Å². The monoisotopic (exact) mass is 365 g/mol. The van der Waals surface area contributed by atoms with Gasteiger partial charge in [-0.1, -0.05) is 5.16 Å². The molecule has 1 N–H and O–H groups in total. The van der Waals surface area contributed by atoms with Gasteiger partial charge in [-0.2, -0.15) is 0 Å². The van der Waals surface area contributed by atoms with Crippen LogP contribution in [0, 0.1) is 0 Å². The molecule has 0 bridgehead atoms. The largest absolute Gasteiger partial charge is 0.454 e. The molecular formula is C20H19N3O4. The predicted molar refractivity (Wildman–Crippen MR) is 100 cm³/mol. The fourth-order valence-electron chi connectivity index (χ4n) is 2.76. The summed E-state index contributed by atoms with van der Waals surface area (Å²) in [6.07, 6.45) is 0. The van der Waals surface area contributed by atoms with E-state index >= 15 is 0 Å². The van der Waals surface area contributed by atoms with Crippen molar-refractivity contribution in [3.05, 3.63) is 59.8 Å². The molecule has 7 nitrogen and oxygen atoms in total. The lowest BCUT2D eigenvalue weighted by atomic mass is 10.1. The molecule has 4 rings (SSSR count). The third-order valence-corrected chi connectivity index (χ3v) is 4.29.